The summed E-state index contributed by atoms with van der Waals surface area (Å²) in [6, 6.07) is 9.57. The van der Waals surface area contributed by atoms with Gasteiger partial charge >= 0.3 is 0 Å². The first-order valence-corrected chi connectivity index (χ1v) is 9.97. The van der Waals surface area contributed by atoms with Gasteiger partial charge in [-0.3, -0.25) is 4.79 Å². The molecule has 0 bridgehead atoms. The third-order valence-electron chi connectivity index (χ3n) is 5.48. The minimum Gasteiger partial charge on any atom is -0.367 e. The third-order valence-corrected chi connectivity index (χ3v) is 5.48. The maximum Gasteiger partial charge on any atom is 0.224 e. The van der Waals surface area contributed by atoms with Crippen molar-refractivity contribution in [2.45, 2.75) is 59.9 Å². The number of anilines is 2. The summed E-state index contributed by atoms with van der Waals surface area (Å²) in [7, 11) is 2.03. The fourth-order valence-corrected chi connectivity index (χ4v) is 4.17. The van der Waals surface area contributed by atoms with Crippen molar-refractivity contribution in [1.29, 1.82) is 0 Å². The second-order valence-corrected chi connectivity index (χ2v) is 9.25. The lowest BCUT2D eigenvalue weighted by Crippen LogP contribution is -2.29. The van der Waals surface area contributed by atoms with Crippen molar-refractivity contribution in [3.8, 4) is 0 Å². The molecule has 1 heterocycles. The van der Waals surface area contributed by atoms with E-state index in [-0.39, 0.29) is 23.2 Å². The molecule has 0 aromatic heterocycles. The van der Waals surface area contributed by atoms with Gasteiger partial charge in [-0.15, -0.1) is 0 Å². The van der Waals surface area contributed by atoms with E-state index in [0.717, 1.165) is 35.3 Å². The van der Waals surface area contributed by atoms with E-state index in [4.69, 9.17) is 0 Å². The lowest BCUT2D eigenvalue weighted by molar-refractivity contribution is -0.117. The van der Waals surface area contributed by atoms with Crippen LogP contribution in [0.5, 0.6) is 0 Å². The summed E-state index contributed by atoms with van der Waals surface area (Å²) in [6.45, 7) is 10.3. The predicted octanol–water partition coefficient (Wildman–Crippen LogP) is 5.94. The molecule has 0 saturated carbocycles. The van der Waals surface area contributed by atoms with Crippen molar-refractivity contribution >= 4 is 17.3 Å². The number of carbonyl (C=O) groups excluding carboxylic acids is 1. The number of hydrogen-bond acceptors (Lipinski definition) is 2. The van der Waals surface area contributed by atoms with Gasteiger partial charge in [-0.2, -0.15) is 0 Å². The van der Waals surface area contributed by atoms with E-state index in [0.29, 0.717) is 6.42 Å². The van der Waals surface area contributed by atoms with Gasteiger partial charge in [0, 0.05) is 24.8 Å². The van der Waals surface area contributed by atoms with E-state index < -0.39 is 0 Å². The second-order valence-electron chi connectivity index (χ2n) is 9.25. The quantitative estimate of drug-likeness (QED) is 0.712. The van der Waals surface area contributed by atoms with Crippen LogP contribution in [0.1, 0.15) is 61.9 Å². The minimum absolute atomic E-state index is 0.0424. The highest BCUT2D eigenvalue weighted by atomic mass is 19.1. The number of halogens is 1. The fourth-order valence-electron chi connectivity index (χ4n) is 4.17. The van der Waals surface area contributed by atoms with Crippen LogP contribution in [0.4, 0.5) is 15.8 Å². The van der Waals surface area contributed by atoms with Crippen LogP contribution < -0.4 is 10.2 Å². The van der Waals surface area contributed by atoms with Gasteiger partial charge in [-0.05, 0) is 66.5 Å². The second kappa shape index (κ2) is 7.57. The summed E-state index contributed by atoms with van der Waals surface area (Å²) in [4.78, 5) is 14.6. The van der Waals surface area contributed by atoms with Crippen molar-refractivity contribution in [3.05, 3.63) is 58.4 Å². The van der Waals surface area contributed by atoms with Gasteiger partial charge < -0.3 is 10.2 Å². The number of benzene rings is 2. The van der Waals surface area contributed by atoms with Gasteiger partial charge in [0.05, 0.1) is 6.04 Å². The Bertz CT molecular complexity index is 875. The molecule has 1 amide bonds. The maximum atomic E-state index is 13.8. The molecule has 0 radical (unpaired) electrons. The molecule has 3 nitrogen and oxygen atoms in total. The number of amides is 1. The number of hydrogen-bond donors (Lipinski definition) is 1. The molecular weight excluding hydrogens is 351 g/mol. The first-order chi connectivity index (χ1) is 13.0. The summed E-state index contributed by atoms with van der Waals surface area (Å²) in [5, 5.41) is 3.10. The van der Waals surface area contributed by atoms with E-state index in [1.807, 2.05) is 27.0 Å². The van der Waals surface area contributed by atoms with Crippen LogP contribution in [-0.4, -0.2) is 13.0 Å². The van der Waals surface area contributed by atoms with Gasteiger partial charge in [-0.25, -0.2) is 4.39 Å². The molecule has 1 N–H and O–H groups in total. The van der Waals surface area contributed by atoms with Crippen LogP contribution >= 0.6 is 0 Å². The van der Waals surface area contributed by atoms with Crippen molar-refractivity contribution < 1.29 is 9.18 Å². The highest BCUT2D eigenvalue weighted by molar-refractivity contribution is 5.92. The van der Waals surface area contributed by atoms with Crippen molar-refractivity contribution in [2.24, 2.45) is 5.41 Å². The van der Waals surface area contributed by atoms with E-state index in [1.165, 1.54) is 17.2 Å². The number of nitrogens with one attached hydrogen (secondary N) is 1. The van der Waals surface area contributed by atoms with Crippen LogP contribution in [0.2, 0.25) is 0 Å². The molecule has 0 spiro atoms. The van der Waals surface area contributed by atoms with Gasteiger partial charge in [-0.1, -0.05) is 39.0 Å². The number of fused-ring (bicyclic) bond motifs is 1. The highest BCUT2D eigenvalue weighted by Crippen LogP contribution is 2.39. The van der Waals surface area contributed by atoms with Gasteiger partial charge in [0.1, 0.15) is 5.82 Å². The zero-order valence-electron chi connectivity index (χ0n) is 17.8. The maximum absolute atomic E-state index is 13.8. The first kappa shape index (κ1) is 20.4. The molecule has 4 heteroatoms. The first-order valence-electron chi connectivity index (χ1n) is 9.97. The topological polar surface area (TPSA) is 32.3 Å². The monoisotopic (exact) mass is 382 g/mol. The molecule has 0 aliphatic carbocycles. The third kappa shape index (κ3) is 4.37. The standard InChI is InChI=1S/C24H31FN2O/c1-15-11-18(12-16(2)23(15)26-22(28)14-24(3,4)5)20-10-8-17-7-9-19(25)13-21(17)27(20)6/h7,9,11-13,20H,8,10,14H2,1-6H3,(H,26,28). The zero-order valence-corrected chi connectivity index (χ0v) is 17.8. The van der Waals surface area contributed by atoms with Crippen LogP contribution in [0, 0.1) is 25.1 Å². The van der Waals surface area contributed by atoms with Crippen LogP contribution in [0.15, 0.2) is 30.3 Å². The number of nitrogens with zero attached hydrogens (tertiary/aromatic N) is 1. The minimum atomic E-state index is -0.199. The summed E-state index contributed by atoms with van der Waals surface area (Å²) in [6.07, 6.45) is 2.41. The Kier molecular flexibility index (Phi) is 5.51. The Labute approximate surface area is 167 Å². The van der Waals surface area contributed by atoms with Crippen molar-refractivity contribution in [2.75, 3.05) is 17.3 Å². The average Bonchev–Trinajstić information content (AvgIpc) is 2.57. The Balaban J connectivity index is 1.86. The molecular formula is C24H31FN2O. The van der Waals surface area contributed by atoms with Crippen LogP contribution in [0.25, 0.3) is 0 Å². The molecule has 2 aromatic carbocycles. The van der Waals surface area contributed by atoms with Crippen molar-refractivity contribution in [3.63, 3.8) is 0 Å². The van der Waals surface area contributed by atoms with E-state index >= 15 is 0 Å². The molecule has 0 saturated heterocycles. The molecule has 1 unspecified atom stereocenters. The number of carbonyl (C=O) groups is 1. The molecule has 3 rings (SSSR count). The zero-order chi connectivity index (χ0) is 20.6. The summed E-state index contributed by atoms with van der Waals surface area (Å²) < 4.78 is 13.8. The van der Waals surface area contributed by atoms with Crippen molar-refractivity contribution in [1.82, 2.24) is 0 Å². The van der Waals surface area contributed by atoms with Gasteiger partial charge in [0.15, 0.2) is 0 Å². The summed E-state index contributed by atoms with van der Waals surface area (Å²) in [5.41, 5.74) is 6.36. The molecule has 2 aromatic rings. The normalized spacial score (nSPS) is 16.7. The Morgan fingerprint density at radius 1 is 1.18 bits per heavy atom. The lowest BCUT2D eigenvalue weighted by Gasteiger charge is -2.37. The molecule has 1 atom stereocenters. The fraction of sp³-hybridized carbons (Fsp3) is 0.458. The summed E-state index contributed by atoms with van der Waals surface area (Å²) in [5.74, 6) is -0.152. The Morgan fingerprint density at radius 3 is 2.43 bits per heavy atom. The SMILES string of the molecule is Cc1cc(C2CCc3ccc(F)cc3N2C)cc(C)c1NC(=O)CC(C)(C)C. The van der Waals surface area contributed by atoms with E-state index in [1.54, 1.807) is 6.07 Å². The van der Waals surface area contributed by atoms with Gasteiger partial charge in [0.25, 0.3) is 0 Å². The predicted molar refractivity (Wildman–Crippen MR) is 114 cm³/mol. The van der Waals surface area contributed by atoms with E-state index in [9.17, 15) is 9.18 Å². The molecule has 1 aliphatic rings. The highest BCUT2D eigenvalue weighted by Gasteiger charge is 2.26. The number of rotatable bonds is 3. The largest absolute Gasteiger partial charge is 0.367 e. The van der Waals surface area contributed by atoms with Gasteiger partial charge in [0.2, 0.25) is 5.91 Å². The number of aryl methyl sites for hydroxylation is 3. The Morgan fingerprint density at radius 2 is 1.82 bits per heavy atom. The van der Waals surface area contributed by atoms with Crippen LogP contribution in [-0.2, 0) is 11.2 Å². The average molecular weight is 383 g/mol. The molecule has 150 valence electrons. The molecule has 1 aliphatic heterocycles. The van der Waals surface area contributed by atoms with E-state index in [2.05, 4.69) is 43.1 Å². The lowest BCUT2D eigenvalue weighted by atomic mass is 9.89. The Hall–Kier alpha value is -2.36. The molecule has 28 heavy (non-hydrogen) atoms. The summed E-state index contributed by atoms with van der Waals surface area (Å²) >= 11 is 0. The smallest absolute Gasteiger partial charge is 0.224 e. The molecule has 0 fully saturated rings. The van der Waals surface area contributed by atoms with Crippen LogP contribution in [0.3, 0.4) is 0 Å².